The highest BCUT2D eigenvalue weighted by Gasteiger charge is 2.15. The van der Waals surface area contributed by atoms with Crippen LogP contribution in [0.4, 0.5) is 11.4 Å². The molecule has 146 valence electrons. The molecule has 5 heteroatoms. The first-order valence-corrected chi connectivity index (χ1v) is 10.5. The lowest BCUT2D eigenvalue weighted by Gasteiger charge is -2.03. The summed E-state index contributed by atoms with van der Waals surface area (Å²) >= 11 is 0. The Labute approximate surface area is 171 Å². The quantitative estimate of drug-likeness (QED) is 0.470. The molecule has 0 saturated carbocycles. The molecule has 29 heavy (non-hydrogen) atoms. The van der Waals surface area contributed by atoms with Crippen LogP contribution in [0.2, 0.25) is 0 Å². The van der Waals surface area contributed by atoms with Gasteiger partial charge in [0.2, 0.25) is 9.84 Å². The van der Waals surface area contributed by atoms with Crippen LogP contribution in [0, 0.1) is 0 Å². The van der Waals surface area contributed by atoms with Crippen molar-refractivity contribution in [2.24, 2.45) is 0 Å². The van der Waals surface area contributed by atoms with Crippen LogP contribution in [-0.2, 0) is 9.84 Å². The molecule has 0 amide bonds. The third kappa shape index (κ3) is 5.24. The van der Waals surface area contributed by atoms with Crippen molar-refractivity contribution in [2.75, 3.05) is 11.5 Å². The summed E-state index contributed by atoms with van der Waals surface area (Å²) in [6.45, 7) is 0. The molecule has 0 spiro atoms. The largest absolute Gasteiger partial charge is 0.399 e. The average Bonchev–Trinajstić information content (AvgIpc) is 2.77. The Morgan fingerprint density at radius 1 is 0.448 bits per heavy atom. The first-order valence-electron chi connectivity index (χ1n) is 9.03. The number of nitrogens with two attached hydrogens (primary N) is 2. The molecule has 0 heterocycles. The second-order valence-corrected chi connectivity index (χ2v) is 8.32. The van der Waals surface area contributed by atoms with E-state index in [4.69, 9.17) is 11.5 Å². The van der Waals surface area contributed by atoms with Gasteiger partial charge in [-0.3, -0.25) is 0 Å². The fourth-order valence-electron chi connectivity index (χ4n) is 2.69. The highest BCUT2D eigenvalue weighted by Crippen LogP contribution is 2.21. The lowest BCUT2D eigenvalue weighted by Crippen LogP contribution is -2.00. The molecule has 0 aliphatic carbocycles. The molecule has 0 unspecified atom stereocenters. The van der Waals surface area contributed by atoms with E-state index in [0.717, 1.165) is 22.5 Å². The van der Waals surface area contributed by atoms with Gasteiger partial charge in [0.25, 0.3) is 0 Å². The zero-order chi connectivity index (χ0) is 20.7. The number of hydrogen-bond acceptors (Lipinski definition) is 4. The molecule has 4 N–H and O–H groups in total. The minimum absolute atomic E-state index is 0.330. The van der Waals surface area contributed by atoms with E-state index in [2.05, 4.69) is 0 Å². The minimum atomic E-state index is -3.34. The van der Waals surface area contributed by atoms with Crippen molar-refractivity contribution in [3.05, 3.63) is 109 Å². The van der Waals surface area contributed by atoms with Crippen LogP contribution in [0.25, 0.3) is 11.1 Å². The Balaban J connectivity index is 0.000000166. The Morgan fingerprint density at radius 3 is 1.07 bits per heavy atom. The monoisotopic (exact) mass is 402 g/mol. The normalized spacial score (nSPS) is 10.6. The molecule has 0 radical (unpaired) electrons. The third-order valence-electron chi connectivity index (χ3n) is 4.26. The standard InChI is InChI=1S/C12H12N2.C12H10O2S/c13-11-5-1-9(2-6-11)10-3-7-12(14)8-4-10;13-15(14,11-7-3-1-4-8-11)12-9-5-2-6-10-12/h1-8H,13-14H2;1-10H. The smallest absolute Gasteiger partial charge is 0.206 e. The van der Waals surface area contributed by atoms with E-state index >= 15 is 0 Å². The molecule has 4 aromatic rings. The van der Waals surface area contributed by atoms with Gasteiger partial charge >= 0.3 is 0 Å². The van der Waals surface area contributed by atoms with Crippen molar-refractivity contribution in [1.82, 2.24) is 0 Å². The van der Waals surface area contributed by atoms with Gasteiger partial charge in [-0.05, 0) is 59.7 Å². The third-order valence-corrected chi connectivity index (χ3v) is 6.05. The van der Waals surface area contributed by atoms with E-state index in [1.54, 1.807) is 60.7 Å². The number of anilines is 2. The van der Waals surface area contributed by atoms with E-state index in [9.17, 15) is 8.42 Å². The minimum Gasteiger partial charge on any atom is -0.399 e. The SMILES string of the molecule is Nc1ccc(-c2ccc(N)cc2)cc1.O=S(=O)(c1ccccc1)c1ccccc1. The molecule has 0 atom stereocenters. The van der Waals surface area contributed by atoms with Crippen LogP contribution < -0.4 is 11.5 Å². The maximum absolute atomic E-state index is 12.0. The highest BCUT2D eigenvalue weighted by atomic mass is 32.2. The van der Waals surface area contributed by atoms with Crippen LogP contribution >= 0.6 is 0 Å². The number of nitrogen functional groups attached to an aromatic ring is 2. The maximum atomic E-state index is 12.0. The van der Waals surface area contributed by atoms with Crippen LogP contribution in [0.5, 0.6) is 0 Å². The number of sulfone groups is 1. The van der Waals surface area contributed by atoms with E-state index in [0.29, 0.717) is 9.79 Å². The summed E-state index contributed by atoms with van der Waals surface area (Å²) in [7, 11) is -3.34. The molecule has 4 nitrogen and oxygen atoms in total. The van der Waals surface area contributed by atoms with E-state index in [1.165, 1.54) is 0 Å². The molecular weight excluding hydrogens is 380 g/mol. The van der Waals surface area contributed by atoms with Crippen molar-refractivity contribution in [2.45, 2.75) is 9.79 Å². The molecule has 0 fully saturated rings. The summed E-state index contributed by atoms with van der Waals surface area (Å²) in [6.07, 6.45) is 0. The first-order chi connectivity index (χ1) is 14.0. The molecule has 0 saturated heterocycles. The van der Waals surface area contributed by atoms with Crippen molar-refractivity contribution < 1.29 is 8.42 Å². The highest BCUT2D eigenvalue weighted by molar-refractivity contribution is 7.91. The molecular formula is C24H22N2O2S. The van der Waals surface area contributed by atoms with Gasteiger partial charge in [-0.2, -0.15) is 0 Å². The lowest BCUT2D eigenvalue weighted by molar-refractivity contribution is 0.596. The zero-order valence-corrected chi connectivity index (χ0v) is 16.6. The van der Waals surface area contributed by atoms with Crippen molar-refractivity contribution in [3.63, 3.8) is 0 Å². The van der Waals surface area contributed by atoms with Gasteiger partial charge in [0.05, 0.1) is 9.79 Å². The summed E-state index contributed by atoms with van der Waals surface area (Å²) in [5.74, 6) is 0. The van der Waals surface area contributed by atoms with Gasteiger partial charge in [-0.25, -0.2) is 8.42 Å². The van der Waals surface area contributed by atoms with Gasteiger partial charge in [0, 0.05) is 11.4 Å². The van der Waals surface area contributed by atoms with Gasteiger partial charge < -0.3 is 11.5 Å². The van der Waals surface area contributed by atoms with Crippen molar-refractivity contribution >= 4 is 21.2 Å². The number of rotatable bonds is 3. The lowest BCUT2D eigenvalue weighted by atomic mass is 10.1. The number of benzene rings is 4. The number of hydrogen-bond donors (Lipinski definition) is 2. The maximum Gasteiger partial charge on any atom is 0.206 e. The van der Waals surface area contributed by atoms with Gasteiger partial charge in [0.15, 0.2) is 0 Å². The topological polar surface area (TPSA) is 86.2 Å². The second-order valence-electron chi connectivity index (χ2n) is 6.37. The first kappa shape index (κ1) is 20.2. The summed E-state index contributed by atoms with van der Waals surface area (Å²) in [6, 6.07) is 32.4. The fourth-order valence-corrected chi connectivity index (χ4v) is 3.99. The van der Waals surface area contributed by atoms with Crippen molar-refractivity contribution in [3.8, 4) is 11.1 Å². The fraction of sp³-hybridized carbons (Fsp3) is 0. The Morgan fingerprint density at radius 2 is 0.759 bits per heavy atom. The summed E-state index contributed by atoms with van der Waals surface area (Å²) in [5.41, 5.74) is 15.1. The molecule has 4 aromatic carbocycles. The predicted octanol–water partition coefficient (Wildman–Crippen LogP) is 5.04. The van der Waals surface area contributed by atoms with Gasteiger partial charge in [-0.1, -0.05) is 60.7 Å². The Hall–Kier alpha value is -3.57. The predicted molar refractivity (Wildman–Crippen MR) is 119 cm³/mol. The molecule has 0 bridgehead atoms. The zero-order valence-electron chi connectivity index (χ0n) is 15.8. The summed E-state index contributed by atoms with van der Waals surface area (Å²) in [4.78, 5) is 0.660. The molecule has 0 aromatic heterocycles. The van der Waals surface area contributed by atoms with Gasteiger partial charge in [-0.15, -0.1) is 0 Å². The second kappa shape index (κ2) is 9.08. The molecule has 0 aliphatic heterocycles. The molecule has 0 aliphatic rings. The van der Waals surface area contributed by atoms with E-state index < -0.39 is 9.84 Å². The Kier molecular flexibility index (Phi) is 6.32. The van der Waals surface area contributed by atoms with Crippen LogP contribution in [-0.4, -0.2) is 8.42 Å². The average molecular weight is 403 g/mol. The Bertz CT molecular complexity index is 1050. The summed E-state index contributed by atoms with van der Waals surface area (Å²) in [5, 5.41) is 0. The summed E-state index contributed by atoms with van der Waals surface area (Å²) < 4.78 is 24.1. The van der Waals surface area contributed by atoms with Gasteiger partial charge in [0.1, 0.15) is 0 Å². The van der Waals surface area contributed by atoms with Crippen LogP contribution in [0.3, 0.4) is 0 Å². The van der Waals surface area contributed by atoms with Crippen molar-refractivity contribution in [1.29, 1.82) is 0 Å². The molecule has 4 rings (SSSR count). The van der Waals surface area contributed by atoms with E-state index in [-0.39, 0.29) is 0 Å². The van der Waals surface area contributed by atoms with Crippen LogP contribution in [0.15, 0.2) is 119 Å². The van der Waals surface area contributed by atoms with Crippen LogP contribution in [0.1, 0.15) is 0 Å². The van der Waals surface area contributed by atoms with E-state index in [1.807, 2.05) is 48.5 Å².